The Bertz CT molecular complexity index is 714. The summed E-state index contributed by atoms with van der Waals surface area (Å²) in [5.41, 5.74) is 1.19. The molecule has 0 radical (unpaired) electrons. The van der Waals surface area contributed by atoms with Crippen LogP contribution in [0.1, 0.15) is 34.7 Å². The molecule has 150 valence electrons. The van der Waals surface area contributed by atoms with Gasteiger partial charge in [-0.3, -0.25) is 4.99 Å². The minimum absolute atomic E-state index is 0. The van der Waals surface area contributed by atoms with Crippen LogP contribution in [0.25, 0.3) is 0 Å². The van der Waals surface area contributed by atoms with Gasteiger partial charge in [0.05, 0.1) is 10.6 Å². The Hall–Kier alpha value is -1.36. The minimum Gasteiger partial charge on any atom is -0.356 e. The summed E-state index contributed by atoms with van der Waals surface area (Å²) < 4.78 is 37.7. The van der Waals surface area contributed by atoms with Gasteiger partial charge in [-0.2, -0.15) is 13.2 Å². The highest BCUT2D eigenvalue weighted by Gasteiger charge is 2.29. The summed E-state index contributed by atoms with van der Waals surface area (Å²) in [6.45, 7) is 3.18. The van der Waals surface area contributed by atoms with Crippen molar-refractivity contribution >= 4 is 41.3 Å². The molecule has 9 heteroatoms. The van der Waals surface area contributed by atoms with Crippen molar-refractivity contribution in [1.82, 2.24) is 15.6 Å². The van der Waals surface area contributed by atoms with Crippen LogP contribution in [0.4, 0.5) is 13.2 Å². The van der Waals surface area contributed by atoms with E-state index in [-0.39, 0.29) is 24.0 Å². The van der Waals surface area contributed by atoms with Crippen molar-refractivity contribution in [3.05, 3.63) is 51.5 Å². The van der Waals surface area contributed by atoms with E-state index in [0.29, 0.717) is 12.5 Å². The molecular formula is C18H24F3IN4S. The summed E-state index contributed by atoms with van der Waals surface area (Å²) >= 11 is 1.69. The number of halogens is 4. The van der Waals surface area contributed by atoms with Crippen LogP contribution in [0, 0.1) is 6.92 Å². The number of benzene rings is 1. The maximum Gasteiger partial charge on any atom is 0.416 e. The van der Waals surface area contributed by atoms with E-state index in [2.05, 4.69) is 26.0 Å². The first-order valence-electron chi connectivity index (χ1n) is 8.40. The standard InChI is InChI=1S/C18H23F3N4S.HI/c1-13-12-26-16(25-13)5-3-4-10-23-17(22-2)24-11-14-6-8-15(9-7-14)18(19,20)21;/h6-9,12H,3-5,10-11H2,1-2H3,(H2,22,23,24);1H. The van der Waals surface area contributed by atoms with Crippen LogP contribution in [0.5, 0.6) is 0 Å². The number of nitrogens with one attached hydrogen (secondary N) is 2. The van der Waals surface area contributed by atoms with E-state index < -0.39 is 11.7 Å². The van der Waals surface area contributed by atoms with Gasteiger partial charge in [0.2, 0.25) is 0 Å². The molecule has 2 rings (SSSR count). The van der Waals surface area contributed by atoms with Gasteiger partial charge < -0.3 is 10.6 Å². The van der Waals surface area contributed by atoms with Gasteiger partial charge in [0.15, 0.2) is 5.96 Å². The number of aromatic nitrogens is 1. The Morgan fingerprint density at radius 2 is 1.85 bits per heavy atom. The molecular weight excluding hydrogens is 488 g/mol. The Kier molecular flexibility index (Phi) is 10.1. The third-order valence-electron chi connectivity index (χ3n) is 3.74. The quantitative estimate of drug-likeness (QED) is 0.243. The van der Waals surface area contributed by atoms with E-state index in [1.807, 2.05) is 6.92 Å². The summed E-state index contributed by atoms with van der Waals surface area (Å²) in [6, 6.07) is 5.12. The minimum atomic E-state index is -4.30. The van der Waals surface area contributed by atoms with Gasteiger partial charge >= 0.3 is 6.18 Å². The van der Waals surface area contributed by atoms with Crippen LogP contribution in [-0.4, -0.2) is 24.5 Å². The highest BCUT2D eigenvalue weighted by atomic mass is 127. The number of thiazole rings is 1. The maximum atomic E-state index is 12.6. The molecule has 2 aromatic rings. The predicted octanol–water partition coefficient (Wildman–Crippen LogP) is 4.78. The first-order valence-corrected chi connectivity index (χ1v) is 9.28. The number of hydrogen-bond acceptors (Lipinski definition) is 3. The molecule has 0 fully saturated rings. The molecule has 0 spiro atoms. The van der Waals surface area contributed by atoms with Gasteiger partial charge in [0.25, 0.3) is 0 Å². The molecule has 0 saturated carbocycles. The number of guanidine groups is 1. The van der Waals surface area contributed by atoms with E-state index in [9.17, 15) is 13.2 Å². The zero-order valence-corrected chi connectivity index (χ0v) is 18.4. The van der Waals surface area contributed by atoms with Gasteiger partial charge in [-0.05, 0) is 43.9 Å². The zero-order chi connectivity index (χ0) is 19.0. The summed E-state index contributed by atoms with van der Waals surface area (Å²) in [4.78, 5) is 8.56. The number of hydrogen-bond donors (Lipinski definition) is 2. The lowest BCUT2D eigenvalue weighted by atomic mass is 10.1. The average Bonchev–Trinajstić information content (AvgIpc) is 3.02. The van der Waals surface area contributed by atoms with E-state index in [1.165, 1.54) is 12.1 Å². The SMILES string of the molecule is CN=C(NCCCCc1nc(C)cs1)NCc1ccc(C(F)(F)F)cc1.I. The van der Waals surface area contributed by atoms with Gasteiger partial charge in [-0.1, -0.05) is 12.1 Å². The number of rotatable bonds is 7. The fourth-order valence-electron chi connectivity index (χ4n) is 2.34. The summed E-state index contributed by atoms with van der Waals surface area (Å²) in [5, 5.41) is 9.53. The van der Waals surface area contributed by atoms with Crippen molar-refractivity contribution in [3.8, 4) is 0 Å². The lowest BCUT2D eigenvalue weighted by molar-refractivity contribution is -0.137. The van der Waals surface area contributed by atoms with E-state index >= 15 is 0 Å². The fourth-order valence-corrected chi connectivity index (χ4v) is 3.16. The molecule has 0 bridgehead atoms. The lowest BCUT2D eigenvalue weighted by Crippen LogP contribution is -2.37. The van der Waals surface area contributed by atoms with Crippen LogP contribution >= 0.6 is 35.3 Å². The third kappa shape index (κ3) is 8.46. The molecule has 1 aromatic heterocycles. The van der Waals surface area contributed by atoms with Gasteiger partial charge in [0, 0.05) is 31.2 Å². The normalized spacial score (nSPS) is 11.8. The second-order valence-electron chi connectivity index (χ2n) is 5.89. The van der Waals surface area contributed by atoms with Crippen LogP contribution in [-0.2, 0) is 19.1 Å². The summed E-state index contributed by atoms with van der Waals surface area (Å²) in [6.07, 6.45) is -1.31. The molecule has 0 amide bonds. The number of alkyl halides is 3. The molecule has 0 unspecified atom stereocenters. The molecule has 1 aromatic carbocycles. The highest BCUT2D eigenvalue weighted by molar-refractivity contribution is 14.0. The fraction of sp³-hybridized carbons (Fsp3) is 0.444. The van der Waals surface area contributed by atoms with Crippen LogP contribution in [0.3, 0.4) is 0 Å². The molecule has 27 heavy (non-hydrogen) atoms. The van der Waals surface area contributed by atoms with Crippen LogP contribution in [0.15, 0.2) is 34.6 Å². The Labute approximate surface area is 178 Å². The zero-order valence-electron chi connectivity index (χ0n) is 15.3. The second-order valence-corrected chi connectivity index (χ2v) is 6.83. The van der Waals surface area contributed by atoms with Crippen molar-refractivity contribution in [2.45, 2.75) is 38.9 Å². The topological polar surface area (TPSA) is 49.3 Å². The average molecular weight is 512 g/mol. The van der Waals surface area contributed by atoms with Crippen LogP contribution in [0.2, 0.25) is 0 Å². The van der Waals surface area contributed by atoms with E-state index in [1.54, 1.807) is 18.4 Å². The van der Waals surface area contributed by atoms with Crippen molar-refractivity contribution in [3.63, 3.8) is 0 Å². The number of nitrogens with zero attached hydrogens (tertiary/aromatic N) is 2. The molecule has 0 saturated heterocycles. The molecule has 0 aliphatic rings. The van der Waals surface area contributed by atoms with Crippen molar-refractivity contribution < 1.29 is 13.2 Å². The van der Waals surface area contributed by atoms with E-state index in [0.717, 1.165) is 54.2 Å². The third-order valence-corrected chi connectivity index (χ3v) is 4.77. The Morgan fingerprint density at radius 1 is 1.15 bits per heavy atom. The Balaban J connectivity index is 0.00000364. The molecule has 1 heterocycles. The number of unbranched alkanes of at least 4 members (excludes halogenated alkanes) is 1. The van der Waals surface area contributed by atoms with Crippen molar-refractivity contribution in [2.75, 3.05) is 13.6 Å². The van der Waals surface area contributed by atoms with Crippen molar-refractivity contribution in [1.29, 1.82) is 0 Å². The highest BCUT2D eigenvalue weighted by Crippen LogP contribution is 2.29. The van der Waals surface area contributed by atoms with Crippen molar-refractivity contribution in [2.24, 2.45) is 4.99 Å². The monoisotopic (exact) mass is 512 g/mol. The first-order chi connectivity index (χ1) is 12.4. The van der Waals surface area contributed by atoms with Gasteiger partial charge in [-0.25, -0.2) is 4.98 Å². The van der Waals surface area contributed by atoms with Crippen LogP contribution < -0.4 is 10.6 Å². The molecule has 0 aliphatic carbocycles. The molecule has 4 nitrogen and oxygen atoms in total. The first kappa shape index (κ1) is 23.7. The maximum absolute atomic E-state index is 12.6. The molecule has 0 atom stereocenters. The summed E-state index contributed by atoms with van der Waals surface area (Å²) in [7, 11) is 1.67. The molecule has 2 N–H and O–H groups in total. The smallest absolute Gasteiger partial charge is 0.356 e. The molecule has 0 aliphatic heterocycles. The van der Waals surface area contributed by atoms with Gasteiger partial charge in [0.1, 0.15) is 0 Å². The number of aryl methyl sites for hydroxylation is 2. The summed E-state index contributed by atoms with van der Waals surface area (Å²) in [5.74, 6) is 0.634. The van der Waals surface area contributed by atoms with Gasteiger partial charge in [-0.15, -0.1) is 35.3 Å². The largest absolute Gasteiger partial charge is 0.416 e. The number of aliphatic imine (C=N–C) groups is 1. The van der Waals surface area contributed by atoms with E-state index in [4.69, 9.17) is 0 Å². The lowest BCUT2D eigenvalue weighted by Gasteiger charge is -2.12. The predicted molar refractivity (Wildman–Crippen MR) is 115 cm³/mol. The second kappa shape index (κ2) is 11.5. The Morgan fingerprint density at radius 3 is 2.41 bits per heavy atom.